The van der Waals surface area contributed by atoms with E-state index in [4.69, 9.17) is 15.7 Å². The minimum Gasteiger partial charge on any atom is -0.381 e. The fourth-order valence-electron chi connectivity index (χ4n) is 5.10. The number of anilines is 1. The topological polar surface area (TPSA) is 293 Å². The molecule has 2 aromatic rings. The molecule has 2 aromatic carbocycles. The molecule has 2 heterocycles. The van der Waals surface area contributed by atoms with Crippen LogP contribution in [0.1, 0.15) is 27.0 Å². The van der Waals surface area contributed by atoms with Crippen molar-refractivity contribution in [3.05, 3.63) is 64.5 Å². The van der Waals surface area contributed by atoms with Crippen LogP contribution in [0.2, 0.25) is 0 Å². The lowest BCUT2D eigenvalue weighted by molar-refractivity contribution is -0.560. The van der Waals surface area contributed by atoms with Crippen molar-refractivity contribution in [2.24, 2.45) is 0 Å². The Morgan fingerprint density at radius 1 is 1.11 bits per heavy atom. The Bertz CT molecular complexity index is 1560. The van der Waals surface area contributed by atoms with E-state index in [2.05, 4.69) is 15.4 Å². The number of nitrogens with zero attached hydrogens (tertiary/aromatic N) is 2. The SMILES string of the molecule is [B]C1(O)OC(O)(O)C([B])(O)N(Cc2ccc(CNc3cccc4c3CN([C@H](C(=O)NC)C(O)(O)C(O)(O)C=O)C4=O)c(F)c2)C1(O)O. The molecule has 0 spiro atoms. The van der Waals surface area contributed by atoms with Gasteiger partial charge in [-0.25, -0.2) is 9.29 Å². The third-order valence-electron chi connectivity index (χ3n) is 7.86. The quantitative estimate of drug-likeness (QED) is 0.0640. The molecule has 2 aliphatic heterocycles. The normalized spacial score (nSPS) is 24.9. The van der Waals surface area contributed by atoms with Crippen LogP contribution >= 0.6 is 0 Å². The van der Waals surface area contributed by atoms with Crippen LogP contribution in [0, 0.1) is 5.82 Å². The number of carbonyl (C=O) groups is 3. The third kappa shape index (κ3) is 5.90. The van der Waals surface area contributed by atoms with Crippen molar-refractivity contribution in [2.75, 3.05) is 12.4 Å². The minimum absolute atomic E-state index is 0.0323. The molecule has 2 amide bonds. The first kappa shape index (κ1) is 36.3. The average molecular weight is 662 g/mol. The highest BCUT2D eigenvalue weighted by Gasteiger charge is 2.69. The van der Waals surface area contributed by atoms with Crippen LogP contribution in [0.4, 0.5) is 10.1 Å². The molecule has 0 aliphatic carbocycles. The van der Waals surface area contributed by atoms with Crippen LogP contribution in [0.15, 0.2) is 36.4 Å². The Kier molecular flexibility index (Phi) is 9.14. The van der Waals surface area contributed by atoms with Crippen molar-refractivity contribution in [3.8, 4) is 0 Å². The second kappa shape index (κ2) is 11.8. The summed E-state index contributed by atoms with van der Waals surface area (Å²) >= 11 is 0. The molecule has 2 aliphatic rings. The summed E-state index contributed by atoms with van der Waals surface area (Å²) in [5, 5.41) is 106. The van der Waals surface area contributed by atoms with Gasteiger partial charge in [0.2, 0.25) is 5.91 Å². The zero-order chi connectivity index (χ0) is 35.5. The van der Waals surface area contributed by atoms with Gasteiger partial charge in [0.05, 0.1) is 0 Å². The summed E-state index contributed by atoms with van der Waals surface area (Å²) in [5.74, 6) is -18.5. The number of likely N-dealkylation sites (N-methyl/N-ethyl adjacent to an activating group) is 1. The molecule has 0 bridgehead atoms. The van der Waals surface area contributed by atoms with Gasteiger partial charge in [0.1, 0.15) is 13.7 Å². The summed E-state index contributed by atoms with van der Waals surface area (Å²) in [6, 6.07) is 5.03. The predicted molar refractivity (Wildman–Crippen MR) is 151 cm³/mol. The maximum atomic E-state index is 15.2. The Morgan fingerprint density at radius 2 is 1.74 bits per heavy atom. The maximum absolute atomic E-state index is 15.2. The van der Waals surface area contributed by atoms with E-state index in [1.807, 2.05) is 0 Å². The van der Waals surface area contributed by atoms with Gasteiger partial charge in [-0.05, 0) is 23.8 Å². The number of carbonyl (C=O) groups excluding carboxylic acids is 3. The summed E-state index contributed by atoms with van der Waals surface area (Å²) in [4.78, 5) is 37.5. The number of halogens is 1. The van der Waals surface area contributed by atoms with Gasteiger partial charge in [0.15, 0.2) is 31.5 Å². The Hall–Kier alpha value is -3.57. The lowest BCUT2D eigenvalue weighted by atomic mass is 9.78. The lowest BCUT2D eigenvalue weighted by Gasteiger charge is -2.59. The number of aliphatic hydroxyl groups is 10. The van der Waals surface area contributed by atoms with E-state index in [0.29, 0.717) is 4.90 Å². The van der Waals surface area contributed by atoms with Crippen LogP contribution in [0.25, 0.3) is 0 Å². The highest BCUT2D eigenvalue weighted by molar-refractivity contribution is 6.16. The molecular weight excluding hydrogens is 633 g/mol. The predicted octanol–water partition coefficient (Wildman–Crippen LogP) is -6.19. The molecule has 1 fully saturated rings. The Morgan fingerprint density at radius 3 is 2.32 bits per heavy atom. The molecule has 4 rings (SSSR count). The van der Waals surface area contributed by atoms with Gasteiger partial charge in [-0.1, -0.05) is 18.2 Å². The van der Waals surface area contributed by atoms with Crippen LogP contribution < -0.4 is 10.6 Å². The molecule has 47 heavy (non-hydrogen) atoms. The lowest BCUT2D eigenvalue weighted by Crippen LogP contribution is -2.84. The second-order valence-electron chi connectivity index (χ2n) is 11.0. The van der Waals surface area contributed by atoms with Crippen LogP contribution in [0.3, 0.4) is 0 Å². The van der Waals surface area contributed by atoms with E-state index in [0.717, 1.165) is 13.1 Å². The summed E-state index contributed by atoms with van der Waals surface area (Å²) in [7, 11) is 11.7. The molecular formula is C26H29B2FN4O14. The van der Waals surface area contributed by atoms with Crippen LogP contribution in [0.5, 0.6) is 0 Å². The van der Waals surface area contributed by atoms with E-state index in [1.54, 1.807) is 0 Å². The number of morpholine rings is 1. The molecule has 250 valence electrons. The van der Waals surface area contributed by atoms with Crippen molar-refractivity contribution in [3.63, 3.8) is 0 Å². The van der Waals surface area contributed by atoms with E-state index in [9.17, 15) is 65.4 Å². The van der Waals surface area contributed by atoms with Gasteiger partial charge in [-0.15, -0.1) is 0 Å². The van der Waals surface area contributed by atoms with Crippen molar-refractivity contribution >= 4 is 39.5 Å². The first-order valence-electron chi connectivity index (χ1n) is 13.4. The molecule has 2 unspecified atom stereocenters. The molecule has 0 aromatic heterocycles. The van der Waals surface area contributed by atoms with E-state index < -0.39 is 77.8 Å². The number of fused-ring (bicyclic) bond motifs is 1. The largest absolute Gasteiger partial charge is 0.381 e. The van der Waals surface area contributed by atoms with Crippen molar-refractivity contribution < 1.29 is 74.6 Å². The first-order valence-corrected chi connectivity index (χ1v) is 13.4. The minimum atomic E-state index is -3.87. The summed E-state index contributed by atoms with van der Waals surface area (Å²) in [6.07, 6.45) is -0.630. The van der Waals surface area contributed by atoms with Crippen molar-refractivity contribution in [1.82, 2.24) is 15.1 Å². The number of nitrogens with one attached hydrogen (secondary N) is 2. The molecule has 1 saturated heterocycles. The van der Waals surface area contributed by atoms with Crippen molar-refractivity contribution in [1.29, 1.82) is 0 Å². The van der Waals surface area contributed by atoms with Gasteiger partial charge >= 0.3 is 5.97 Å². The summed E-state index contributed by atoms with van der Waals surface area (Å²) in [6.45, 7) is -1.73. The third-order valence-corrected chi connectivity index (χ3v) is 7.86. The number of aldehydes is 1. The number of amides is 2. The number of ether oxygens (including phenoxy) is 1. The highest BCUT2D eigenvalue weighted by atomic mass is 19.1. The van der Waals surface area contributed by atoms with E-state index in [1.165, 1.54) is 30.3 Å². The fourth-order valence-corrected chi connectivity index (χ4v) is 5.10. The number of hydrogen-bond acceptors (Lipinski definition) is 16. The zero-order valence-electron chi connectivity index (χ0n) is 24.3. The smallest absolute Gasteiger partial charge is 0.315 e. The second-order valence-corrected chi connectivity index (χ2v) is 11.0. The van der Waals surface area contributed by atoms with E-state index in [-0.39, 0.29) is 39.4 Å². The Labute approximate surface area is 266 Å². The monoisotopic (exact) mass is 662 g/mol. The highest BCUT2D eigenvalue weighted by Crippen LogP contribution is 2.42. The number of benzene rings is 2. The van der Waals surface area contributed by atoms with Gasteiger partial charge in [-0.2, -0.15) is 0 Å². The van der Waals surface area contributed by atoms with Gasteiger partial charge in [0, 0.05) is 49.1 Å². The molecule has 18 nitrogen and oxygen atoms in total. The molecule has 4 radical (unpaired) electrons. The zero-order valence-corrected chi connectivity index (χ0v) is 24.3. The first-order chi connectivity index (χ1) is 21.5. The van der Waals surface area contributed by atoms with Crippen LogP contribution in [-0.4, -0.2) is 143 Å². The van der Waals surface area contributed by atoms with Gasteiger partial charge in [-0.3, -0.25) is 19.1 Å². The summed E-state index contributed by atoms with van der Waals surface area (Å²) in [5.41, 5.74) is -6.99. The standard InChI is InChI=1S/C26H29B2FN4O14/c1-30-19(35)18(22(39,40)21(37,38)11-34)32-10-15-14(20(32)36)3-2-4-17(15)31-8-13-6-5-12(7-16(13)29)9-33-23(27,41)26(45,46)47-24(28,42)25(33,43)44/h2-7,11,18,31,37-46H,8-10H2,1H3,(H,30,35)/t18-,23?,24?/m1/s1. The van der Waals surface area contributed by atoms with Crippen molar-refractivity contribution in [2.45, 2.75) is 60.4 Å². The van der Waals surface area contributed by atoms with Gasteiger partial charge < -0.3 is 66.6 Å². The van der Waals surface area contributed by atoms with Gasteiger partial charge in [0.25, 0.3) is 23.4 Å². The fraction of sp³-hybridized carbons (Fsp3) is 0.423. The number of hydrogen-bond donors (Lipinski definition) is 12. The molecule has 12 N–H and O–H groups in total. The molecule has 0 saturated carbocycles. The molecule has 21 heteroatoms. The summed E-state index contributed by atoms with van der Waals surface area (Å²) < 4.78 is 19.3. The average Bonchev–Trinajstić information content (AvgIpc) is 3.29. The van der Waals surface area contributed by atoms with E-state index >= 15 is 4.39 Å². The maximum Gasteiger partial charge on any atom is 0.315 e. The molecule has 3 atom stereocenters. The van der Waals surface area contributed by atoms with Crippen LogP contribution in [-0.2, 0) is 34.0 Å². The number of rotatable bonds is 10. The Balaban J connectivity index is 1.57.